The average Bonchev–Trinajstić information content (AvgIpc) is 2.32. The lowest BCUT2D eigenvalue weighted by Gasteiger charge is -2.31. The van der Waals surface area contributed by atoms with Gasteiger partial charge in [-0.1, -0.05) is 0 Å². The highest BCUT2D eigenvalue weighted by Gasteiger charge is 2.59. The van der Waals surface area contributed by atoms with Gasteiger partial charge in [-0.2, -0.15) is 17.6 Å². The molecule has 0 aromatic heterocycles. The minimum absolute atomic E-state index is 0.0486. The van der Waals surface area contributed by atoms with Crippen LogP contribution in [0.2, 0.25) is 0 Å². The molecule has 0 aliphatic carbocycles. The molecule has 2 nitrogen and oxygen atoms in total. The van der Waals surface area contributed by atoms with Crippen LogP contribution in [-0.2, 0) is 4.79 Å². The molecule has 0 N–H and O–H groups in total. The van der Waals surface area contributed by atoms with Crippen molar-refractivity contribution >= 4 is 5.91 Å². The smallest absolute Gasteiger partial charge is 0.278 e. The largest absolute Gasteiger partial charge is 0.390 e. The fraction of sp³-hybridized carbons (Fsp3) is 0.857. The van der Waals surface area contributed by atoms with E-state index in [1.165, 1.54) is 0 Å². The minimum atomic E-state index is -4.36. The lowest BCUT2D eigenvalue weighted by Crippen LogP contribution is -2.53. The maximum Gasteiger partial charge on any atom is 0.390 e. The van der Waals surface area contributed by atoms with E-state index in [-0.39, 0.29) is 31.2 Å². The Kier molecular flexibility index (Phi) is 2.25. The first-order valence-corrected chi connectivity index (χ1v) is 3.83. The van der Waals surface area contributed by atoms with Crippen LogP contribution < -0.4 is 0 Å². The maximum atomic E-state index is 12.8. The monoisotopic (exact) mass is 199 g/mol. The van der Waals surface area contributed by atoms with E-state index in [1.807, 2.05) is 0 Å². The summed E-state index contributed by atoms with van der Waals surface area (Å²) in [4.78, 5) is 10.7. The zero-order chi connectivity index (χ0) is 10.3. The van der Waals surface area contributed by atoms with E-state index < -0.39 is 17.9 Å². The Morgan fingerprint density at radius 1 is 1.31 bits per heavy atom. The van der Waals surface area contributed by atoms with Gasteiger partial charge in [0.2, 0.25) is 5.91 Å². The van der Waals surface area contributed by atoms with E-state index in [0.717, 1.165) is 0 Å². The molecule has 76 valence electrons. The molecule has 0 radical (unpaired) electrons. The molecule has 1 amide bonds. The van der Waals surface area contributed by atoms with Gasteiger partial charge in [0, 0.05) is 19.9 Å². The van der Waals surface area contributed by atoms with Gasteiger partial charge in [0.1, 0.15) is 0 Å². The number of nitrogens with zero attached hydrogens (tertiary/aromatic N) is 1. The molecule has 0 unspecified atom stereocenters. The topological polar surface area (TPSA) is 20.3 Å². The highest BCUT2D eigenvalue weighted by atomic mass is 19.3. The van der Waals surface area contributed by atoms with Crippen LogP contribution >= 0.6 is 0 Å². The number of carbonyl (C=O) groups excluding carboxylic acids is 1. The highest BCUT2D eigenvalue weighted by molar-refractivity contribution is 5.78. The fourth-order valence-electron chi connectivity index (χ4n) is 1.18. The van der Waals surface area contributed by atoms with Crippen LogP contribution in [0, 0.1) is 0 Å². The summed E-state index contributed by atoms with van der Waals surface area (Å²) in [6.45, 7) is -0.187. The number of carbonyl (C=O) groups is 1. The number of rotatable bonds is 2. The molecule has 0 bridgehead atoms. The van der Waals surface area contributed by atoms with E-state index in [9.17, 15) is 22.4 Å². The molecule has 1 rings (SSSR count). The summed E-state index contributed by atoms with van der Waals surface area (Å²) in [5.41, 5.74) is 0. The average molecular weight is 199 g/mol. The predicted octanol–water partition coefficient (Wildman–Crippen LogP) is 1.86. The van der Waals surface area contributed by atoms with Crippen LogP contribution in [0.3, 0.4) is 0 Å². The van der Waals surface area contributed by atoms with Crippen molar-refractivity contribution in [3.63, 3.8) is 0 Å². The summed E-state index contributed by atoms with van der Waals surface area (Å²) in [6, 6.07) is -4.36. The SMILES string of the molecule is CC(F)(F)C(F)(F)N1CCCC1=O. The van der Waals surface area contributed by atoms with E-state index in [0.29, 0.717) is 0 Å². The van der Waals surface area contributed by atoms with Crippen molar-refractivity contribution in [1.29, 1.82) is 0 Å². The van der Waals surface area contributed by atoms with Crippen molar-refractivity contribution in [2.45, 2.75) is 31.7 Å². The van der Waals surface area contributed by atoms with Gasteiger partial charge in [0.25, 0.3) is 0 Å². The van der Waals surface area contributed by atoms with Gasteiger partial charge >= 0.3 is 12.0 Å². The molecule has 0 atom stereocenters. The van der Waals surface area contributed by atoms with Crippen molar-refractivity contribution in [3.05, 3.63) is 0 Å². The van der Waals surface area contributed by atoms with Gasteiger partial charge in [-0.25, -0.2) is 0 Å². The second-order valence-electron chi connectivity index (χ2n) is 3.08. The number of alkyl halides is 4. The van der Waals surface area contributed by atoms with Crippen LogP contribution in [0.4, 0.5) is 17.6 Å². The summed E-state index contributed by atoms with van der Waals surface area (Å²) in [7, 11) is 0. The second-order valence-corrected chi connectivity index (χ2v) is 3.08. The van der Waals surface area contributed by atoms with Crippen molar-refractivity contribution in [2.75, 3.05) is 6.54 Å². The maximum absolute atomic E-state index is 12.8. The van der Waals surface area contributed by atoms with Gasteiger partial charge in [-0.3, -0.25) is 9.69 Å². The van der Waals surface area contributed by atoms with Crippen LogP contribution in [-0.4, -0.2) is 29.3 Å². The van der Waals surface area contributed by atoms with Gasteiger partial charge in [0.05, 0.1) is 0 Å². The molecule has 0 saturated carbocycles. The summed E-state index contributed by atoms with van der Waals surface area (Å²) in [6.07, 6.45) is 0.135. The molecule has 1 fully saturated rings. The quantitative estimate of drug-likeness (QED) is 0.491. The van der Waals surface area contributed by atoms with Crippen LogP contribution in [0.1, 0.15) is 19.8 Å². The summed E-state index contributed by atoms with van der Waals surface area (Å²) < 4.78 is 50.4. The number of amides is 1. The molecule has 1 heterocycles. The number of halogens is 4. The molecule has 0 aromatic carbocycles. The third-order valence-corrected chi connectivity index (χ3v) is 1.94. The van der Waals surface area contributed by atoms with Crippen LogP contribution in [0.15, 0.2) is 0 Å². The molecule has 6 heteroatoms. The number of likely N-dealkylation sites (tertiary alicyclic amines) is 1. The standard InChI is InChI=1S/C7H9F4NO/c1-6(8,9)7(10,11)12-4-2-3-5(12)13/h2-4H2,1H3. The van der Waals surface area contributed by atoms with E-state index in [2.05, 4.69) is 0 Å². The summed E-state index contributed by atoms with van der Waals surface area (Å²) in [5, 5.41) is 0. The Morgan fingerprint density at radius 2 is 1.85 bits per heavy atom. The molecule has 0 aromatic rings. The zero-order valence-electron chi connectivity index (χ0n) is 6.99. The Morgan fingerprint density at radius 3 is 2.15 bits per heavy atom. The summed E-state index contributed by atoms with van der Waals surface area (Å²) in [5.74, 6) is -5.10. The normalized spacial score (nSPS) is 19.8. The first-order valence-electron chi connectivity index (χ1n) is 3.83. The Balaban J connectivity index is 2.86. The lowest BCUT2D eigenvalue weighted by atomic mass is 10.3. The van der Waals surface area contributed by atoms with E-state index in [4.69, 9.17) is 0 Å². The minimum Gasteiger partial charge on any atom is -0.278 e. The van der Waals surface area contributed by atoms with Crippen molar-refractivity contribution in [1.82, 2.24) is 4.90 Å². The molecule has 1 saturated heterocycles. The lowest BCUT2D eigenvalue weighted by molar-refractivity contribution is -0.267. The second kappa shape index (κ2) is 2.85. The third-order valence-electron chi connectivity index (χ3n) is 1.94. The van der Waals surface area contributed by atoms with E-state index in [1.54, 1.807) is 0 Å². The van der Waals surface area contributed by atoms with Gasteiger partial charge in [0.15, 0.2) is 0 Å². The Labute approximate surface area is 72.5 Å². The molecule has 13 heavy (non-hydrogen) atoms. The Hall–Kier alpha value is -0.810. The van der Waals surface area contributed by atoms with Crippen LogP contribution in [0.5, 0.6) is 0 Å². The number of hydrogen-bond donors (Lipinski definition) is 0. The number of hydrogen-bond acceptors (Lipinski definition) is 1. The van der Waals surface area contributed by atoms with Crippen molar-refractivity contribution in [3.8, 4) is 0 Å². The highest BCUT2D eigenvalue weighted by Crippen LogP contribution is 2.38. The van der Waals surface area contributed by atoms with Crippen molar-refractivity contribution in [2.24, 2.45) is 0 Å². The predicted molar refractivity (Wildman–Crippen MR) is 36.5 cm³/mol. The van der Waals surface area contributed by atoms with Crippen molar-refractivity contribution < 1.29 is 22.4 Å². The molecular weight excluding hydrogens is 190 g/mol. The van der Waals surface area contributed by atoms with Crippen LogP contribution in [0.25, 0.3) is 0 Å². The molecular formula is C7H9F4NO. The third kappa shape index (κ3) is 1.62. The van der Waals surface area contributed by atoms with Gasteiger partial charge in [-0.05, 0) is 6.42 Å². The summed E-state index contributed by atoms with van der Waals surface area (Å²) >= 11 is 0. The fourth-order valence-corrected chi connectivity index (χ4v) is 1.18. The van der Waals surface area contributed by atoms with Gasteiger partial charge < -0.3 is 0 Å². The van der Waals surface area contributed by atoms with E-state index >= 15 is 0 Å². The van der Waals surface area contributed by atoms with Gasteiger partial charge in [-0.15, -0.1) is 0 Å². The first kappa shape index (κ1) is 10.3. The molecule has 0 spiro atoms. The molecule has 1 aliphatic heterocycles. The first-order chi connectivity index (χ1) is 5.77. The molecule has 1 aliphatic rings. The Bertz CT molecular complexity index is 223. The zero-order valence-corrected chi connectivity index (χ0v) is 6.99.